The summed E-state index contributed by atoms with van der Waals surface area (Å²) in [5.74, 6) is 0.619. The van der Waals surface area contributed by atoms with E-state index in [0.29, 0.717) is 18.5 Å². The van der Waals surface area contributed by atoms with Crippen molar-refractivity contribution in [1.82, 2.24) is 4.90 Å². The van der Waals surface area contributed by atoms with Gasteiger partial charge in [-0.2, -0.15) is 0 Å². The van der Waals surface area contributed by atoms with E-state index in [4.69, 9.17) is 11.6 Å². The van der Waals surface area contributed by atoms with Crippen LogP contribution in [0, 0.1) is 0 Å². The van der Waals surface area contributed by atoms with Crippen LogP contribution in [0.2, 0.25) is 0 Å². The molecule has 1 aliphatic carbocycles. The summed E-state index contributed by atoms with van der Waals surface area (Å²) in [5.41, 5.74) is 0.759. The molecule has 1 aromatic rings. The highest BCUT2D eigenvalue weighted by molar-refractivity contribution is 6.18. The quantitative estimate of drug-likeness (QED) is 0.719. The molecule has 0 bridgehead atoms. The number of carbonyl (C=O) groups excluding carboxylic acids is 1. The molecule has 0 spiro atoms. The Morgan fingerprint density at radius 2 is 2.00 bits per heavy atom. The van der Waals surface area contributed by atoms with Crippen LogP contribution < -0.4 is 0 Å². The summed E-state index contributed by atoms with van der Waals surface area (Å²) in [6.07, 6.45) is 2.24. The number of hydrogen-bond donors (Lipinski definition) is 0. The van der Waals surface area contributed by atoms with E-state index in [-0.39, 0.29) is 5.91 Å². The van der Waals surface area contributed by atoms with E-state index in [0.717, 1.165) is 18.4 Å². The van der Waals surface area contributed by atoms with Gasteiger partial charge < -0.3 is 4.90 Å². The fraction of sp³-hybridized carbons (Fsp3) is 0.417. The molecule has 0 aromatic heterocycles. The van der Waals surface area contributed by atoms with E-state index in [2.05, 4.69) is 0 Å². The van der Waals surface area contributed by atoms with Gasteiger partial charge in [-0.1, -0.05) is 18.2 Å². The molecule has 0 atom stereocenters. The lowest BCUT2D eigenvalue weighted by Crippen LogP contribution is -2.34. The van der Waals surface area contributed by atoms with Crippen molar-refractivity contribution in [3.63, 3.8) is 0 Å². The van der Waals surface area contributed by atoms with E-state index >= 15 is 0 Å². The van der Waals surface area contributed by atoms with Crippen molar-refractivity contribution >= 4 is 17.5 Å². The highest BCUT2D eigenvalue weighted by Gasteiger charge is 2.32. The van der Waals surface area contributed by atoms with Crippen molar-refractivity contribution in [1.29, 1.82) is 0 Å². The summed E-state index contributed by atoms with van der Waals surface area (Å²) < 4.78 is 0. The molecule has 0 heterocycles. The first-order valence-electron chi connectivity index (χ1n) is 5.25. The lowest BCUT2D eigenvalue weighted by molar-refractivity contribution is 0.0753. The zero-order valence-electron chi connectivity index (χ0n) is 8.53. The molecule has 3 heteroatoms. The second kappa shape index (κ2) is 4.67. The summed E-state index contributed by atoms with van der Waals surface area (Å²) in [4.78, 5) is 14.0. The van der Waals surface area contributed by atoms with E-state index in [9.17, 15) is 4.79 Å². The predicted molar refractivity (Wildman–Crippen MR) is 61.2 cm³/mol. The van der Waals surface area contributed by atoms with Crippen molar-refractivity contribution < 1.29 is 4.79 Å². The van der Waals surface area contributed by atoms with Gasteiger partial charge in [0.1, 0.15) is 0 Å². The van der Waals surface area contributed by atoms with Gasteiger partial charge in [-0.15, -0.1) is 11.6 Å². The average molecular weight is 224 g/mol. The van der Waals surface area contributed by atoms with Crippen LogP contribution in [0.1, 0.15) is 23.2 Å². The first kappa shape index (κ1) is 10.5. The Morgan fingerprint density at radius 3 is 2.53 bits per heavy atom. The van der Waals surface area contributed by atoms with E-state index < -0.39 is 0 Å². The number of benzene rings is 1. The molecule has 2 nitrogen and oxygen atoms in total. The predicted octanol–water partition coefficient (Wildman–Crippen LogP) is 2.53. The Labute approximate surface area is 94.8 Å². The van der Waals surface area contributed by atoms with Gasteiger partial charge in [0.05, 0.1) is 0 Å². The SMILES string of the molecule is O=C(c1ccccc1)N(CCCl)C1CC1. The van der Waals surface area contributed by atoms with Gasteiger partial charge in [0.15, 0.2) is 0 Å². The van der Waals surface area contributed by atoms with Gasteiger partial charge in [-0.25, -0.2) is 0 Å². The molecule has 1 amide bonds. The van der Waals surface area contributed by atoms with Gasteiger partial charge in [0.2, 0.25) is 0 Å². The van der Waals surface area contributed by atoms with Gasteiger partial charge in [-0.05, 0) is 25.0 Å². The maximum absolute atomic E-state index is 12.1. The van der Waals surface area contributed by atoms with Crippen molar-refractivity contribution in [2.45, 2.75) is 18.9 Å². The molecule has 1 aliphatic rings. The summed E-state index contributed by atoms with van der Waals surface area (Å²) in [5, 5.41) is 0. The topological polar surface area (TPSA) is 20.3 Å². The second-order valence-corrected chi connectivity index (χ2v) is 4.16. The minimum atomic E-state index is 0.110. The van der Waals surface area contributed by atoms with Crippen LogP contribution in [-0.4, -0.2) is 29.3 Å². The van der Waals surface area contributed by atoms with E-state index in [1.165, 1.54) is 0 Å². The molecule has 0 saturated heterocycles. The smallest absolute Gasteiger partial charge is 0.254 e. The minimum Gasteiger partial charge on any atom is -0.334 e. The maximum atomic E-state index is 12.1. The van der Waals surface area contributed by atoms with Crippen molar-refractivity contribution in [2.24, 2.45) is 0 Å². The van der Waals surface area contributed by atoms with Crippen molar-refractivity contribution in [3.8, 4) is 0 Å². The number of carbonyl (C=O) groups is 1. The third-order valence-corrected chi connectivity index (χ3v) is 2.76. The third kappa shape index (κ3) is 2.51. The maximum Gasteiger partial charge on any atom is 0.254 e. The molecule has 0 N–H and O–H groups in total. The van der Waals surface area contributed by atoms with E-state index in [1.807, 2.05) is 35.2 Å². The van der Waals surface area contributed by atoms with Crippen LogP contribution in [-0.2, 0) is 0 Å². The van der Waals surface area contributed by atoms with Gasteiger partial charge in [0.25, 0.3) is 5.91 Å². The monoisotopic (exact) mass is 223 g/mol. The molecule has 0 aliphatic heterocycles. The van der Waals surface area contributed by atoms with Crippen LogP contribution in [0.3, 0.4) is 0 Å². The lowest BCUT2D eigenvalue weighted by Gasteiger charge is -2.21. The molecule has 2 rings (SSSR count). The third-order valence-electron chi connectivity index (χ3n) is 2.59. The summed E-state index contributed by atoms with van der Waals surface area (Å²) in [6.45, 7) is 0.653. The Kier molecular flexibility index (Phi) is 3.27. The first-order valence-corrected chi connectivity index (χ1v) is 5.78. The Balaban J connectivity index is 2.10. The van der Waals surface area contributed by atoms with Crippen LogP contribution in [0.5, 0.6) is 0 Å². The summed E-state index contributed by atoms with van der Waals surface area (Å²) >= 11 is 5.71. The highest BCUT2D eigenvalue weighted by Crippen LogP contribution is 2.28. The Hall–Kier alpha value is -1.02. The van der Waals surface area contributed by atoms with Crippen LogP contribution in [0.4, 0.5) is 0 Å². The molecule has 15 heavy (non-hydrogen) atoms. The fourth-order valence-corrected chi connectivity index (χ4v) is 1.86. The number of hydrogen-bond acceptors (Lipinski definition) is 1. The van der Waals surface area contributed by atoms with Crippen LogP contribution in [0.25, 0.3) is 0 Å². The van der Waals surface area contributed by atoms with Gasteiger partial charge in [0, 0.05) is 24.0 Å². The zero-order chi connectivity index (χ0) is 10.7. The first-order chi connectivity index (χ1) is 7.33. The number of halogens is 1. The number of alkyl halides is 1. The van der Waals surface area contributed by atoms with Gasteiger partial charge >= 0.3 is 0 Å². The van der Waals surface area contributed by atoms with E-state index in [1.54, 1.807) is 0 Å². The minimum absolute atomic E-state index is 0.110. The Bertz CT molecular complexity index is 335. The molecule has 1 aromatic carbocycles. The second-order valence-electron chi connectivity index (χ2n) is 3.78. The number of amides is 1. The number of nitrogens with zero attached hydrogens (tertiary/aromatic N) is 1. The van der Waals surface area contributed by atoms with Crippen LogP contribution in [0.15, 0.2) is 30.3 Å². The molecule has 80 valence electrons. The highest BCUT2D eigenvalue weighted by atomic mass is 35.5. The molecule has 1 fully saturated rings. The molecular weight excluding hydrogens is 210 g/mol. The normalized spacial score (nSPS) is 15.0. The lowest BCUT2D eigenvalue weighted by atomic mass is 10.2. The van der Waals surface area contributed by atoms with Gasteiger partial charge in [-0.3, -0.25) is 4.79 Å². The van der Waals surface area contributed by atoms with Crippen molar-refractivity contribution in [3.05, 3.63) is 35.9 Å². The standard InChI is InChI=1S/C12H14ClNO/c13-8-9-14(11-6-7-11)12(15)10-4-2-1-3-5-10/h1-5,11H,6-9H2. The van der Waals surface area contributed by atoms with Crippen LogP contribution >= 0.6 is 11.6 Å². The molecule has 0 radical (unpaired) electrons. The Morgan fingerprint density at radius 1 is 1.33 bits per heavy atom. The van der Waals surface area contributed by atoms with Crippen molar-refractivity contribution in [2.75, 3.05) is 12.4 Å². The largest absolute Gasteiger partial charge is 0.334 e. The average Bonchev–Trinajstić information content (AvgIpc) is 3.10. The molecule has 1 saturated carbocycles. The summed E-state index contributed by atoms with van der Waals surface area (Å²) in [7, 11) is 0. The molecular formula is C12H14ClNO. The number of rotatable bonds is 4. The fourth-order valence-electron chi connectivity index (χ4n) is 1.67. The zero-order valence-corrected chi connectivity index (χ0v) is 9.28. The summed E-state index contributed by atoms with van der Waals surface area (Å²) in [6, 6.07) is 9.83. The molecule has 0 unspecified atom stereocenters.